The van der Waals surface area contributed by atoms with Crippen LogP contribution in [0, 0.1) is 5.92 Å². The SMILES string of the molecule is NC1=C2CCCC2CC1. The molecule has 1 fully saturated rings. The van der Waals surface area contributed by atoms with E-state index in [1.807, 2.05) is 0 Å². The fraction of sp³-hybridized carbons (Fsp3) is 0.750. The van der Waals surface area contributed by atoms with Crippen molar-refractivity contribution in [1.29, 1.82) is 0 Å². The van der Waals surface area contributed by atoms with Gasteiger partial charge in [0.15, 0.2) is 0 Å². The summed E-state index contributed by atoms with van der Waals surface area (Å²) in [5.74, 6) is 0.907. The van der Waals surface area contributed by atoms with Crippen molar-refractivity contribution in [3.05, 3.63) is 11.3 Å². The van der Waals surface area contributed by atoms with E-state index in [2.05, 4.69) is 0 Å². The van der Waals surface area contributed by atoms with Crippen LogP contribution in [0.3, 0.4) is 0 Å². The summed E-state index contributed by atoms with van der Waals surface area (Å²) in [6, 6.07) is 0. The van der Waals surface area contributed by atoms with Gasteiger partial charge in [-0.1, -0.05) is 0 Å². The van der Waals surface area contributed by atoms with Gasteiger partial charge in [0.05, 0.1) is 0 Å². The summed E-state index contributed by atoms with van der Waals surface area (Å²) in [5, 5.41) is 0. The number of fused-ring (bicyclic) bond motifs is 1. The fourth-order valence-corrected chi connectivity index (χ4v) is 2.15. The van der Waals surface area contributed by atoms with Crippen LogP contribution in [-0.4, -0.2) is 0 Å². The highest BCUT2D eigenvalue weighted by atomic mass is 14.6. The molecule has 1 nitrogen and oxygen atoms in total. The summed E-state index contributed by atoms with van der Waals surface area (Å²) in [5.41, 5.74) is 8.63. The minimum atomic E-state index is 0.907. The first-order chi connectivity index (χ1) is 4.38. The number of hydrogen-bond donors (Lipinski definition) is 1. The summed E-state index contributed by atoms with van der Waals surface area (Å²) in [6.45, 7) is 0. The number of rotatable bonds is 0. The molecule has 0 aliphatic heterocycles. The lowest BCUT2D eigenvalue weighted by molar-refractivity contribution is 0.608. The molecule has 0 aromatic carbocycles. The molecule has 1 unspecified atom stereocenters. The summed E-state index contributed by atoms with van der Waals surface area (Å²) < 4.78 is 0. The molecular formula is C8H13N. The van der Waals surface area contributed by atoms with Gasteiger partial charge in [0.1, 0.15) is 0 Å². The van der Waals surface area contributed by atoms with Gasteiger partial charge in [0, 0.05) is 5.70 Å². The number of hydrogen-bond acceptors (Lipinski definition) is 1. The molecule has 0 spiro atoms. The first-order valence-electron chi connectivity index (χ1n) is 3.85. The van der Waals surface area contributed by atoms with Crippen molar-refractivity contribution in [2.45, 2.75) is 32.1 Å². The van der Waals surface area contributed by atoms with E-state index in [9.17, 15) is 0 Å². The first kappa shape index (κ1) is 5.33. The largest absolute Gasteiger partial charge is 0.402 e. The van der Waals surface area contributed by atoms with Crippen molar-refractivity contribution in [2.24, 2.45) is 11.7 Å². The average molecular weight is 123 g/mol. The molecule has 50 valence electrons. The molecule has 1 saturated carbocycles. The zero-order valence-corrected chi connectivity index (χ0v) is 5.69. The maximum atomic E-state index is 5.80. The predicted octanol–water partition coefficient (Wildman–Crippen LogP) is 1.79. The van der Waals surface area contributed by atoms with Gasteiger partial charge in [-0.15, -0.1) is 0 Å². The smallest absolute Gasteiger partial charge is 0.00754 e. The first-order valence-corrected chi connectivity index (χ1v) is 3.85. The molecule has 1 heteroatoms. The maximum Gasteiger partial charge on any atom is 0.00754 e. The van der Waals surface area contributed by atoms with Crippen molar-refractivity contribution in [3.8, 4) is 0 Å². The zero-order chi connectivity index (χ0) is 6.27. The Hall–Kier alpha value is -0.460. The van der Waals surface area contributed by atoms with E-state index in [0.717, 1.165) is 5.92 Å². The molecule has 0 aromatic heterocycles. The van der Waals surface area contributed by atoms with Crippen LogP contribution in [0.2, 0.25) is 0 Å². The maximum absolute atomic E-state index is 5.80. The van der Waals surface area contributed by atoms with E-state index in [1.165, 1.54) is 37.8 Å². The molecule has 2 aliphatic carbocycles. The van der Waals surface area contributed by atoms with Crippen LogP contribution in [0.15, 0.2) is 11.3 Å². The Bertz CT molecular complexity index is 158. The van der Waals surface area contributed by atoms with Gasteiger partial charge in [0.25, 0.3) is 0 Å². The molecule has 1 atom stereocenters. The third-order valence-electron chi connectivity index (χ3n) is 2.67. The number of allylic oxidation sites excluding steroid dienone is 2. The molecule has 2 N–H and O–H groups in total. The molecule has 0 saturated heterocycles. The van der Waals surface area contributed by atoms with Crippen LogP contribution < -0.4 is 5.73 Å². The molecule has 2 aliphatic rings. The van der Waals surface area contributed by atoms with Gasteiger partial charge in [-0.25, -0.2) is 0 Å². The van der Waals surface area contributed by atoms with E-state index < -0.39 is 0 Å². The van der Waals surface area contributed by atoms with E-state index >= 15 is 0 Å². The molecule has 9 heavy (non-hydrogen) atoms. The predicted molar refractivity (Wildman–Crippen MR) is 37.8 cm³/mol. The van der Waals surface area contributed by atoms with Crippen LogP contribution in [0.4, 0.5) is 0 Å². The van der Waals surface area contributed by atoms with E-state index in [1.54, 1.807) is 5.57 Å². The summed E-state index contributed by atoms with van der Waals surface area (Å²) >= 11 is 0. The van der Waals surface area contributed by atoms with E-state index in [-0.39, 0.29) is 0 Å². The van der Waals surface area contributed by atoms with Gasteiger partial charge in [-0.2, -0.15) is 0 Å². The zero-order valence-electron chi connectivity index (χ0n) is 5.69. The van der Waals surface area contributed by atoms with Crippen LogP contribution in [0.1, 0.15) is 32.1 Å². The van der Waals surface area contributed by atoms with Gasteiger partial charge >= 0.3 is 0 Å². The van der Waals surface area contributed by atoms with Crippen LogP contribution in [0.25, 0.3) is 0 Å². The third kappa shape index (κ3) is 0.673. The average Bonchev–Trinajstić information content (AvgIpc) is 2.35. The molecular weight excluding hydrogens is 110 g/mol. The lowest BCUT2D eigenvalue weighted by Gasteiger charge is -1.99. The van der Waals surface area contributed by atoms with Gasteiger partial charge in [-0.05, 0) is 43.6 Å². The Morgan fingerprint density at radius 1 is 1.22 bits per heavy atom. The Morgan fingerprint density at radius 3 is 2.89 bits per heavy atom. The van der Waals surface area contributed by atoms with Crippen LogP contribution in [0.5, 0.6) is 0 Å². The Balaban J connectivity index is 2.28. The van der Waals surface area contributed by atoms with Crippen LogP contribution in [-0.2, 0) is 0 Å². The van der Waals surface area contributed by atoms with Gasteiger partial charge < -0.3 is 5.73 Å². The highest BCUT2D eigenvalue weighted by Gasteiger charge is 2.27. The second-order valence-corrected chi connectivity index (χ2v) is 3.18. The lowest BCUT2D eigenvalue weighted by Crippen LogP contribution is -1.95. The normalized spacial score (nSPS) is 33.6. The van der Waals surface area contributed by atoms with Gasteiger partial charge in [-0.3, -0.25) is 0 Å². The molecule has 0 bridgehead atoms. The van der Waals surface area contributed by atoms with Crippen molar-refractivity contribution in [1.82, 2.24) is 0 Å². The molecule has 0 radical (unpaired) electrons. The van der Waals surface area contributed by atoms with Crippen molar-refractivity contribution >= 4 is 0 Å². The number of nitrogens with two attached hydrogens (primary N) is 1. The summed E-state index contributed by atoms with van der Waals surface area (Å²) in [7, 11) is 0. The van der Waals surface area contributed by atoms with Crippen LogP contribution >= 0.6 is 0 Å². The second-order valence-electron chi connectivity index (χ2n) is 3.18. The Morgan fingerprint density at radius 2 is 2.11 bits per heavy atom. The van der Waals surface area contributed by atoms with Crippen molar-refractivity contribution in [2.75, 3.05) is 0 Å². The molecule has 0 heterocycles. The molecule has 0 amide bonds. The van der Waals surface area contributed by atoms with E-state index in [0.29, 0.717) is 0 Å². The lowest BCUT2D eigenvalue weighted by atomic mass is 10.1. The minimum Gasteiger partial charge on any atom is -0.402 e. The monoisotopic (exact) mass is 123 g/mol. The highest BCUT2D eigenvalue weighted by Crippen LogP contribution is 2.41. The quantitative estimate of drug-likeness (QED) is 0.522. The standard InChI is InChI=1S/C8H13N/c9-8-5-4-6-2-1-3-7(6)8/h6H,1-5,9H2. The topological polar surface area (TPSA) is 26.0 Å². The van der Waals surface area contributed by atoms with Crippen molar-refractivity contribution in [3.63, 3.8) is 0 Å². The van der Waals surface area contributed by atoms with Crippen molar-refractivity contribution < 1.29 is 0 Å². The Kier molecular flexibility index (Phi) is 1.04. The summed E-state index contributed by atoms with van der Waals surface area (Å²) in [6.07, 6.45) is 6.63. The molecule has 2 rings (SSSR count). The van der Waals surface area contributed by atoms with E-state index in [4.69, 9.17) is 5.73 Å². The minimum absolute atomic E-state index is 0.907. The third-order valence-corrected chi connectivity index (χ3v) is 2.67. The second kappa shape index (κ2) is 1.76. The Labute approximate surface area is 55.9 Å². The molecule has 0 aromatic rings. The van der Waals surface area contributed by atoms with Gasteiger partial charge in [0.2, 0.25) is 0 Å². The summed E-state index contributed by atoms with van der Waals surface area (Å²) in [4.78, 5) is 0. The highest BCUT2D eigenvalue weighted by molar-refractivity contribution is 5.22. The fourth-order valence-electron chi connectivity index (χ4n) is 2.15.